The number of nitrogens with zero attached hydrogens (tertiary/aromatic N) is 1. The summed E-state index contributed by atoms with van der Waals surface area (Å²) in [7, 11) is -3.18. The molecule has 24 heavy (non-hydrogen) atoms. The van der Waals surface area contributed by atoms with Gasteiger partial charge in [0, 0.05) is 22.8 Å². The summed E-state index contributed by atoms with van der Waals surface area (Å²) in [6, 6.07) is 14.6. The van der Waals surface area contributed by atoms with Crippen LogP contribution < -0.4 is 4.74 Å². The summed E-state index contributed by atoms with van der Waals surface area (Å²) >= 11 is 1.55. The highest BCUT2D eigenvalue weighted by Crippen LogP contribution is 2.31. The van der Waals surface area contributed by atoms with E-state index in [-0.39, 0.29) is 0 Å². The Balaban J connectivity index is 1.89. The lowest BCUT2D eigenvalue weighted by Gasteiger charge is -2.04. The molecule has 0 saturated heterocycles. The molecule has 0 N–H and O–H groups in total. The SMILES string of the molecule is CCOc1cccc(-c2nc(-c3ccc(S(C)(=O)=O)cc3)cs2)c1. The first-order valence-corrected chi connectivity index (χ1v) is 10.2. The van der Waals surface area contributed by atoms with Gasteiger partial charge in [0.1, 0.15) is 10.8 Å². The van der Waals surface area contributed by atoms with E-state index in [2.05, 4.69) is 4.98 Å². The number of aromatic nitrogens is 1. The van der Waals surface area contributed by atoms with Gasteiger partial charge in [0.05, 0.1) is 17.2 Å². The molecule has 0 bridgehead atoms. The molecule has 6 heteroatoms. The molecule has 2 aromatic carbocycles. The second-order valence-electron chi connectivity index (χ2n) is 5.30. The van der Waals surface area contributed by atoms with E-state index in [1.807, 2.05) is 36.6 Å². The fourth-order valence-electron chi connectivity index (χ4n) is 2.30. The number of sulfone groups is 1. The maximum atomic E-state index is 11.5. The molecule has 124 valence electrons. The predicted octanol–water partition coefficient (Wildman–Crippen LogP) is 4.28. The molecule has 0 aliphatic rings. The van der Waals surface area contributed by atoms with E-state index in [0.717, 1.165) is 27.6 Å². The lowest BCUT2D eigenvalue weighted by molar-refractivity contribution is 0.340. The molecule has 0 aliphatic carbocycles. The lowest BCUT2D eigenvalue weighted by Crippen LogP contribution is -1.96. The molecule has 0 amide bonds. The Bertz CT molecular complexity index is 944. The Kier molecular flexibility index (Phi) is 4.69. The van der Waals surface area contributed by atoms with Crippen molar-refractivity contribution in [3.63, 3.8) is 0 Å². The minimum absolute atomic E-state index is 0.311. The third-order valence-corrected chi connectivity index (χ3v) is 5.49. The molecule has 1 heterocycles. The van der Waals surface area contributed by atoms with Gasteiger partial charge in [-0.15, -0.1) is 11.3 Å². The lowest BCUT2D eigenvalue weighted by atomic mass is 10.2. The maximum absolute atomic E-state index is 11.5. The van der Waals surface area contributed by atoms with Crippen molar-refractivity contribution in [3.8, 4) is 27.6 Å². The number of thiazole rings is 1. The van der Waals surface area contributed by atoms with Crippen LogP contribution in [0.1, 0.15) is 6.92 Å². The van der Waals surface area contributed by atoms with E-state index in [0.29, 0.717) is 11.5 Å². The maximum Gasteiger partial charge on any atom is 0.175 e. The highest BCUT2D eigenvalue weighted by atomic mass is 32.2. The number of hydrogen-bond acceptors (Lipinski definition) is 5. The van der Waals surface area contributed by atoms with Crippen molar-refractivity contribution < 1.29 is 13.2 Å². The van der Waals surface area contributed by atoms with E-state index < -0.39 is 9.84 Å². The van der Waals surface area contributed by atoms with Crippen LogP contribution in [0.2, 0.25) is 0 Å². The van der Waals surface area contributed by atoms with E-state index in [4.69, 9.17) is 4.74 Å². The molecule has 0 aliphatic heterocycles. The number of rotatable bonds is 5. The van der Waals surface area contributed by atoms with Crippen molar-refractivity contribution in [2.45, 2.75) is 11.8 Å². The van der Waals surface area contributed by atoms with E-state index in [1.54, 1.807) is 35.6 Å². The van der Waals surface area contributed by atoms with Crippen molar-refractivity contribution >= 4 is 21.2 Å². The van der Waals surface area contributed by atoms with Crippen LogP contribution in [0.4, 0.5) is 0 Å². The predicted molar refractivity (Wildman–Crippen MR) is 97.3 cm³/mol. The van der Waals surface area contributed by atoms with Crippen LogP contribution in [0, 0.1) is 0 Å². The third kappa shape index (κ3) is 3.66. The first kappa shape index (κ1) is 16.7. The van der Waals surface area contributed by atoms with Gasteiger partial charge in [-0.2, -0.15) is 0 Å². The molecule has 0 saturated carbocycles. The van der Waals surface area contributed by atoms with Gasteiger partial charge in [-0.05, 0) is 31.2 Å². The number of hydrogen-bond donors (Lipinski definition) is 0. The zero-order valence-corrected chi connectivity index (χ0v) is 15.0. The average molecular weight is 359 g/mol. The van der Waals surface area contributed by atoms with Gasteiger partial charge in [0.15, 0.2) is 9.84 Å². The van der Waals surface area contributed by atoms with Crippen molar-refractivity contribution in [2.24, 2.45) is 0 Å². The van der Waals surface area contributed by atoms with Gasteiger partial charge < -0.3 is 4.74 Å². The Morgan fingerprint density at radius 3 is 2.50 bits per heavy atom. The molecule has 4 nitrogen and oxygen atoms in total. The molecule has 3 aromatic rings. The van der Waals surface area contributed by atoms with Crippen LogP contribution in [0.3, 0.4) is 0 Å². The van der Waals surface area contributed by atoms with E-state index in [1.165, 1.54) is 6.26 Å². The summed E-state index contributed by atoms with van der Waals surface area (Å²) in [6.07, 6.45) is 1.20. The summed E-state index contributed by atoms with van der Waals surface area (Å²) < 4.78 is 28.6. The Morgan fingerprint density at radius 1 is 1.08 bits per heavy atom. The van der Waals surface area contributed by atoms with Gasteiger partial charge >= 0.3 is 0 Å². The van der Waals surface area contributed by atoms with Gasteiger partial charge in [0.25, 0.3) is 0 Å². The van der Waals surface area contributed by atoms with Gasteiger partial charge in [-0.25, -0.2) is 13.4 Å². The minimum atomic E-state index is -3.18. The molecular weight excluding hydrogens is 342 g/mol. The fraction of sp³-hybridized carbons (Fsp3) is 0.167. The topological polar surface area (TPSA) is 56.3 Å². The summed E-state index contributed by atoms with van der Waals surface area (Å²) in [5.41, 5.74) is 2.73. The van der Waals surface area contributed by atoms with Crippen LogP contribution in [0.5, 0.6) is 5.75 Å². The standard InChI is InChI=1S/C18H17NO3S2/c1-3-22-15-6-4-5-14(11-15)18-19-17(12-23-18)13-7-9-16(10-8-13)24(2,20)21/h4-12H,3H2,1-2H3. The molecule has 0 spiro atoms. The fourth-order valence-corrected chi connectivity index (χ4v) is 3.75. The smallest absolute Gasteiger partial charge is 0.175 e. The number of benzene rings is 2. The van der Waals surface area contributed by atoms with Crippen LogP contribution in [0.15, 0.2) is 58.8 Å². The highest BCUT2D eigenvalue weighted by molar-refractivity contribution is 7.90. The van der Waals surface area contributed by atoms with Gasteiger partial charge in [-0.1, -0.05) is 24.3 Å². The first-order chi connectivity index (χ1) is 11.5. The van der Waals surface area contributed by atoms with Gasteiger partial charge in [0.2, 0.25) is 0 Å². The largest absolute Gasteiger partial charge is 0.494 e. The van der Waals surface area contributed by atoms with Crippen molar-refractivity contribution in [1.82, 2.24) is 4.98 Å². The normalized spacial score (nSPS) is 11.4. The zero-order valence-electron chi connectivity index (χ0n) is 13.4. The van der Waals surface area contributed by atoms with E-state index >= 15 is 0 Å². The Hall–Kier alpha value is -2.18. The molecule has 1 aromatic heterocycles. The second kappa shape index (κ2) is 6.75. The van der Waals surface area contributed by atoms with Crippen LogP contribution in [-0.2, 0) is 9.84 Å². The van der Waals surface area contributed by atoms with Crippen molar-refractivity contribution in [1.29, 1.82) is 0 Å². The number of ether oxygens (including phenoxy) is 1. The molecule has 0 atom stereocenters. The minimum Gasteiger partial charge on any atom is -0.494 e. The van der Waals surface area contributed by atoms with E-state index in [9.17, 15) is 8.42 Å². The van der Waals surface area contributed by atoms with Crippen LogP contribution >= 0.6 is 11.3 Å². The summed E-state index contributed by atoms with van der Waals surface area (Å²) in [6.45, 7) is 2.58. The quantitative estimate of drug-likeness (QED) is 0.682. The van der Waals surface area contributed by atoms with Crippen LogP contribution in [0.25, 0.3) is 21.8 Å². The monoisotopic (exact) mass is 359 g/mol. The van der Waals surface area contributed by atoms with Crippen molar-refractivity contribution in [2.75, 3.05) is 12.9 Å². The highest BCUT2D eigenvalue weighted by Gasteiger charge is 2.10. The molecule has 0 radical (unpaired) electrons. The summed E-state index contributed by atoms with van der Waals surface area (Å²) in [4.78, 5) is 4.97. The summed E-state index contributed by atoms with van der Waals surface area (Å²) in [5, 5.41) is 2.87. The van der Waals surface area contributed by atoms with Crippen LogP contribution in [-0.4, -0.2) is 26.3 Å². The second-order valence-corrected chi connectivity index (χ2v) is 8.17. The molecule has 0 unspecified atom stereocenters. The molecule has 0 fully saturated rings. The van der Waals surface area contributed by atoms with Crippen molar-refractivity contribution in [3.05, 3.63) is 53.9 Å². The van der Waals surface area contributed by atoms with Gasteiger partial charge in [-0.3, -0.25) is 0 Å². The Labute approximate surface area is 145 Å². The zero-order chi connectivity index (χ0) is 17.2. The Morgan fingerprint density at radius 2 is 1.83 bits per heavy atom. The molecule has 3 rings (SSSR count). The average Bonchev–Trinajstić information content (AvgIpc) is 3.05. The summed E-state index contributed by atoms with van der Waals surface area (Å²) in [5.74, 6) is 0.823. The third-order valence-electron chi connectivity index (χ3n) is 3.47. The molecular formula is C18H17NO3S2. The first-order valence-electron chi connectivity index (χ1n) is 7.46.